The van der Waals surface area contributed by atoms with Crippen LogP contribution in [0.3, 0.4) is 0 Å². The van der Waals surface area contributed by atoms with E-state index in [1.54, 1.807) is 11.3 Å². The lowest BCUT2D eigenvalue weighted by molar-refractivity contribution is 0.392. The maximum absolute atomic E-state index is 4.70. The zero-order chi connectivity index (χ0) is 17.6. The second-order valence-electron chi connectivity index (χ2n) is 6.14. The van der Waals surface area contributed by atoms with Crippen molar-refractivity contribution in [1.29, 1.82) is 0 Å². The summed E-state index contributed by atoms with van der Waals surface area (Å²) in [5.74, 6) is 2.88. The molecule has 3 rings (SSSR count). The zero-order valence-electron chi connectivity index (χ0n) is 15.7. The molecule has 0 aromatic carbocycles. The van der Waals surface area contributed by atoms with Crippen molar-refractivity contribution in [3.63, 3.8) is 0 Å². The Morgan fingerprint density at radius 3 is 2.85 bits per heavy atom. The third kappa shape index (κ3) is 5.38. The lowest BCUT2D eigenvalue weighted by Crippen LogP contribution is -2.47. The van der Waals surface area contributed by atoms with Gasteiger partial charge in [0.15, 0.2) is 11.8 Å². The first-order valence-corrected chi connectivity index (χ1v) is 10.0. The molecular weight excluding hydrogens is 461 g/mol. The summed E-state index contributed by atoms with van der Waals surface area (Å²) < 4.78 is 2.04. The Balaban J connectivity index is 0.00000243. The molecule has 9 heteroatoms. The van der Waals surface area contributed by atoms with Gasteiger partial charge in [0.05, 0.1) is 23.8 Å². The van der Waals surface area contributed by atoms with E-state index in [0.717, 1.165) is 62.1 Å². The maximum Gasteiger partial charge on any atom is 0.191 e. The van der Waals surface area contributed by atoms with E-state index in [-0.39, 0.29) is 24.0 Å². The third-order valence-corrected chi connectivity index (χ3v) is 5.25. The van der Waals surface area contributed by atoms with Gasteiger partial charge in [-0.15, -0.1) is 35.3 Å². The van der Waals surface area contributed by atoms with Crippen LogP contribution < -0.4 is 10.6 Å². The molecule has 2 N–H and O–H groups in total. The second kappa shape index (κ2) is 10.2. The van der Waals surface area contributed by atoms with E-state index in [0.29, 0.717) is 12.6 Å². The molecular formula is C17H28IN7S. The van der Waals surface area contributed by atoms with Crippen LogP contribution in [0.1, 0.15) is 49.5 Å². The minimum atomic E-state index is 0. The van der Waals surface area contributed by atoms with Crippen molar-refractivity contribution in [2.75, 3.05) is 6.54 Å². The fourth-order valence-corrected chi connectivity index (χ4v) is 3.62. The first kappa shape index (κ1) is 21.1. The molecule has 0 aliphatic carbocycles. The van der Waals surface area contributed by atoms with Crippen molar-refractivity contribution in [2.24, 2.45) is 4.99 Å². The molecule has 3 heterocycles. The molecule has 0 amide bonds. The lowest BCUT2D eigenvalue weighted by atomic mass is 10.1. The number of hydrogen-bond donors (Lipinski definition) is 2. The van der Waals surface area contributed by atoms with Crippen molar-refractivity contribution in [3.05, 3.63) is 27.7 Å². The molecule has 2 aromatic rings. The van der Waals surface area contributed by atoms with E-state index >= 15 is 0 Å². The van der Waals surface area contributed by atoms with Crippen LogP contribution in [0, 0.1) is 0 Å². The highest BCUT2D eigenvalue weighted by Gasteiger charge is 2.22. The molecule has 144 valence electrons. The highest BCUT2D eigenvalue weighted by atomic mass is 127. The van der Waals surface area contributed by atoms with E-state index in [1.807, 2.05) is 4.68 Å². The van der Waals surface area contributed by atoms with Gasteiger partial charge >= 0.3 is 0 Å². The van der Waals surface area contributed by atoms with Gasteiger partial charge < -0.3 is 10.6 Å². The Kier molecular flexibility index (Phi) is 8.26. The smallest absolute Gasteiger partial charge is 0.191 e. The average Bonchev–Trinajstić information content (AvgIpc) is 3.25. The standard InChI is InChI=1S/C17H27N7S.HI/c1-4-14-22-15-8-7-12(10-24(15)23-14)21-17(18-6-3)19-9-13-11-25-16(5-2)20-13;/h11-12H,4-10H2,1-3H3,(H2,18,19,21);1H. The number of aryl methyl sites for hydroxylation is 3. The molecule has 26 heavy (non-hydrogen) atoms. The van der Waals surface area contributed by atoms with E-state index in [4.69, 9.17) is 4.99 Å². The number of aliphatic imine (C=N–C) groups is 1. The van der Waals surface area contributed by atoms with E-state index in [1.165, 1.54) is 5.01 Å². The van der Waals surface area contributed by atoms with Gasteiger partial charge in [-0.25, -0.2) is 19.6 Å². The highest BCUT2D eigenvalue weighted by molar-refractivity contribution is 14.0. The fourth-order valence-electron chi connectivity index (χ4n) is 2.89. The predicted octanol–water partition coefficient (Wildman–Crippen LogP) is 2.55. The van der Waals surface area contributed by atoms with Crippen molar-refractivity contribution in [1.82, 2.24) is 30.4 Å². The summed E-state index contributed by atoms with van der Waals surface area (Å²) in [7, 11) is 0. The molecule has 1 aliphatic heterocycles. The molecule has 0 radical (unpaired) electrons. The normalized spacial score (nSPS) is 16.7. The van der Waals surface area contributed by atoms with Crippen LogP contribution in [-0.2, 0) is 32.4 Å². The van der Waals surface area contributed by atoms with Gasteiger partial charge in [0.2, 0.25) is 0 Å². The number of thiazole rings is 1. The number of hydrogen-bond acceptors (Lipinski definition) is 5. The van der Waals surface area contributed by atoms with Crippen LogP contribution >= 0.6 is 35.3 Å². The molecule has 1 unspecified atom stereocenters. The minimum Gasteiger partial charge on any atom is -0.357 e. The molecule has 0 saturated carbocycles. The first-order chi connectivity index (χ1) is 12.2. The topological polar surface area (TPSA) is 80.0 Å². The Morgan fingerprint density at radius 2 is 2.15 bits per heavy atom. The summed E-state index contributed by atoms with van der Waals surface area (Å²) in [6, 6.07) is 0.318. The number of rotatable bonds is 6. The summed E-state index contributed by atoms with van der Waals surface area (Å²) in [4.78, 5) is 13.9. The number of nitrogens with zero attached hydrogens (tertiary/aromatic N) is 5. The monoisotopic (exact) mass is 489 g/mol. The van der Waals surface area contributed by atoms with Gasteiger partial charge in [0, 0.05) is 30.8 Å². The molecule has 7 nitrogen and oxygen atoms in total. The Labute approximate surface area is 176 Å². The maximum atomic E-state index is 4.70. The van der Waals surface area contributed by atoms with Crippen molar-refractivity contribution in [3.8, 4) is 0 Å². The van der Waals surface area contributed by atoms with E-state index in [2.05, 4.69) is 51.9 Å². The third-order valence-electron chi connectivity index (χ3n) is 4.20. The van der Waals surface area contributed by atoms with Gasteiger partial charge in [-0.3, -0.25) is 0 Å². The SMILES string of the molecule is CCNC(=NCc1csc(CC)n1)NC1CCc2nc(CC)nn2C1.I. The van der Waals surface area contributed by atoms with Gasteiger partial charge in [-0.05, 0) is 19.8 Å². The van der Waals surface area contributed by atoms with Crippen LogP contribution in [0.5, 0.6) is 0 Å². The van der Waals surface area contributed by atoms with Crippen molar-refractivity contribution in [2.45, 2.75) is 65.6 Å². The van der Waals surface area contributed by atoms with Gasteiger partial charge in [-0.1, -0.05) is 13.8 Å². The zero-order valence-corrected chi connectivity index (χ0v) is 18.8. The van der Waals surface area contributed by atoms with Crippen molar-refractivity contribution >= 4 is 41.3 Å². The Hall–Kier alpha value is -1.23. The van der Waals surface area contributed by atoms with Crippen molar-refractivity contribution < 1.29 is 0 Å². The van der Waals surface area contributed by atoms with Gasteiger partial charge in [0.25, 0.3) is 0 Å². The summed E-state index contributed by atoms with van der Waals surface area (Å²) in [5, 5.41) is 14.7. The molecule has 0 saturated heterocycles. The van der Waals surface area contributed by atoms with Crippen LogP contribution in [0.15, 0.2) is 10.4 Å². The molecule has 1 aliphatic rings. The summed E-state index contributed by atoms with van der Waals surface area (Å²) in [5.41, 5.74) is 1.04. The summed E-state index contributed by atoms with van der Waals surface area (Å²) in [6.07, 6.45) is 3.86. The largest absolute Gasteiger partial charge is 0.357 e. The molecule has 0 bridgehead atoms. The summed E-state index contributed by atoms with van der Waals surface area (Å²) in [6.45, 7) is 8.58. The lowest BCUT2D eigenvalue weighted by Gasteiger charge is -2.25. The van der Waals surface area contributed by atoms with E-state index in [9.17, 15) is 0 Å². The molecule has 1 atom stereocenters. The fraction of sp³-hybridized carbons (Fsp3) is 0.647. The van der Waals surface area contributed by atoms with Gasteiger partial charge in [0.1, 0.15) is 5.82 Å². The quantitative estimate of drug-likeness (QED) is 0.371. The number of fused-ring (bicyclic) bond motifs is 1. The molecule has 2 aromatic heterocycles. The number of aromatic nitrogens is 4. The predicted molar refractivity (Wildman–Crippen MR) is 116 cm³/mol. The van der Waals surface area contributed by atoms with Crippen LogP contribution in [-0.4, -0.2) is 38.3 Å². The minimum absolute atomic E-state index is 0. The number of guanidine groups is 1. The van der Waals surface area contributed by atoms with Crippen LogP contribution in [0.4, 0.5) is 0 Å². The van der Waals surface area contributed by atoms with Crippen LogP contribution in [0.2, 0.25) is 0 Å². The number of nitrogens with one attached hydrogen (secondary N) is 2. The average molecular weight is 489 g/mol. The van der Waals surface area contributed by atoms with Gasteiger partial charge in [-0.2, -0.15) is 5.10 Å². The summed E-state index contributed by atoms with van der Waals surface area (Å²) >= 11 is 1.71. The molecule has 0 spiro atoms. The molecule has 0 fully saturated rings. The van der Waals surface area contributed by atoms with E-state index < -0.39 is 0 Å². The number of halogens is 1. The van der Waals surface area contributed by atoms with Crippen LogP contribution in [0.25, 0.3) is 0 Å². The first-order valence-electron chi connectivity index (χ1n) is 9.12. The second-order valence-corrected chi connectivity index (χ2v) is 7.08. The Morgan fingerprint density at radius 1 is 1.31 bits per heavy atom. The highest BCUT2D eigenvalue weighted by Crippen LogP contribution is 2.14. The Bertz CT molecular complexity index is 725.